The summed E-state index contributed by atoms with van der Waals surface area (Å²) in [6, 6.07) is 7.80. The normalized spacial score (nSPS) is 32.7. The lowest BCUT2D eigenvalue weighted by Gasteiger charge is -2.50. The van der Waals surface area contributed by atoms with Crippen LogP contribution in [0.1, 0.15) is 31.7 Å². The van der Waals surface area contributed by atoms with E-state index in [-0.39, 0.29) is 47.4 Å². The average Bonchev–Trinajstić information content (AvgIpc) is 3.10. The topological polar surface area (TPSA) is 52.6 Å². The molecule has 5 rings (SSSR count). The molecule has 2 fully saturated rings. The van der Waals surface area contributed by atoms with Crippen LogP contribution in [0.3, 0.4) is 0 Å². The number of halogens is 3. The lowest BCUT2D eigenvalue weighted by Crippen LogP contribution is -2.56. The number of rotatable bonds is 2. The van der Waals surface area contributed by atoms with Crippen LogP contribution >= 0.6 is 11.6 Å². The van der Waals surface area contributed by atoms with E-state index < -0.39 is 32.1 Å². The Labute approximate surface area is 179 Å². The van der Waals surface area contributed by atoms with Gasteiger partial charge in [-0.25, -0.2) is 17.2 Å². The summed E-state index contributed by atoms with van der Waals surface area (Å²) in [6.45, 7) is 1.95. The molecule has 0 amide bonds. The van der Waals surface area contributed by atoms with Gasteiger partial charge in [0.2, 0.25) is 0 Å². The highest BCUT2D eigenvalue weighted by Crippen LogP contribution is 2.60. The van der Waals surface area contributed by atoms with Gasteiger partial charge in [0.15, 0.2) is 21.4 Å². The van der Waals surface area contributed by atoms with Gasteiger partial charge in [-0.1, -0.05) is 11.6 Å². The van der Waals surface area contributed by atoms with E-state index in [2.05, 4.69) is 0 Å². The van der Waals surface area contributed by atoms with Gasteiger partial charge in [-0.05, 0) is 68.5 Å². The van der Waals surface area contributed by atoms with Gasteiger partial charge in [0, 0.05) is 10.9 Å². The van der Waals surface area contributed by atoms with Crippen molar-refractivity contribution in [3.63, 3.8) is 0 Å². The van der Waals surface area contributed by atoms with Crippen molar-refractivity contribution in [2.45, 2.75) is 48.0 Å². The summed E-state index contributed by atoms with van der Waals surface area (Å²) in [6.07, 6.45) is 1.11. The van der Waals surface area contributed by atoms with Crippen molar-refractivity contribution in [2.75, 3.05) is 6.61 Å². The third kappa shape index (κ3) is 2.68. The highest BCUT2D eigenvalue weighted by molar-refractivity contribution is 7.92. The van der Waals surface area contributed by atoms with Crippen molar-refractivity contribution in [1.29, 1.82) is 0 Å². The summed E-state index contributed by atoms with van der Waals surface area (Å²) in [5.74, 6) is -2.49. The molecule has 8 heteroatoms. The Balaban J connectivity index is 1.78. The molecule has 160 valence electrons. The maximum Gasteiger partial charge on any atom is 0.188 e. The maximum absolute atomic E-state index is 15.2. The second-order valence-corrected chi connectivity index (χ2v) is 11.1. The van der Waals surface area contributed by atoms with Crippen molar-refractivity contribution >= 4 is 21.4 Å². The van der Waals surface area contributed by atoms with Crippen LogP contribution in [0.4, 0.5) is 8.78 Å². The van der Waals surface area contributed by atoms with E-state index in [1.807, 2.05) is 6.92 Å². The number of benzene rings is 2. The Morgan fingerprint density at radius 2 is 1.80 bits per heavy atom. The van der Waals surface area contributed by atoms with Gasteiger partial charge in [0.05, 0.1) is 29.3 Å². The van der Waals surface area contributed by atoms with Gasteiger partial charge in [-0.2, -0.15) is 0 Å². The van der Waals surface area contributed by atoms with Crippen LogP contribution in [0.25, 0.3) is 0 Å². The minimum Gasteiger partial charge on any atom is -0.490 e. The lowest BCUT2D eigenvalue weighted by molar-refractivity contribution is -0.0174. The van der Waals surface area contributed by atoms with Gasteiger partial charge in [0.25, 0.3) is 0 Å². The first-order valence-corrected chi connectivity index (χ1v) is 11.9. The summed E-state index contributed by atoms with van der Waals surface area (Å²) < 4.78 is 68.1. The van der Waals surface area contributed by atoms with E-state index in [1.165, 1.54) is 24.3 Å². The zero-order chi connectivity index (χ0) is 21.3. The molecule has 0 N–H and O–H groups in total. The van der Waals surface area contributed by atoms with Crippen LogP contribution in [0.5, 0.6) is 5.75 Å². The highest BCUT2D eigenvalue weighted by atomic mass is 35.5. The molecule has 2 heterocycles. The van der Waals surface area contributed by atoms with Gasteiger partial charge in [-0.15, -0.1) is 0 Å². The Kier molecular flexibility index (Phi) is 4.65. The predicted molar refractivity (Wildman–Crippen MR) is 107 cm³/mol. The first-order valence-electron chi connectivity index (χ1n) is 10.0. The number of fused-ring (bicyclic) bond motifs is 5. The molecule has 1 aliphatic carbocycles. The minimum absolute atomic E-state index is 0.00254. The summed E-state index contributed by atoms with van der Waals surface area (Å²) in [4.78, 5) is 0.0406. The van der Waals surface area contributed by atoms with Crippen LogP contribution in [0.2, 0.25) is 5.02 Å². The largest absolute Gasteiger partial charge is 0.490 e. The molecule has 4 nitrogen and oxygen atoms in total. The molecule has 5 atom stereocenters. The second kappa shape index (κ2) is 6.90. The summed E-state index contributed by atoms with van der Waals surface area (Å²) in [7, 11) is -4.11. The van der Waals surface area contributed by atoms with Crippen molar-refractivity contribution in [3.05, 3.63) is 58.6 Å². The van der Waals surface area contributed by atoms with Crippen LogP contribution in [-0.4, -0.2) is 27.2 Å². The van der Waals surface area contributed by atoms with E-state index >= 15 is 4.39 Å². The number of hydrogen-bond acceptors (Lipinski definition) is 4. The van der Waals surface area contributed by atoms with E-state index in [4.69, 9.17) is 21.1 Å². The van der Waals surface area contributed by atoms with Crippen LogP contribution in [0.15, 0.2) is 41.3 Å². The Bertz CT molecular complexity index is 1100. The van der Waals surface area contributed by atoms with Crippen molar-refractivity contribution in [1.82, 2.24) is 0 Å². The predicted octanol–water partition coefficient (Wildman–Crippen LogP) is 4.88. The molecule has 0 radical (unpaired) electrons. The van der Waals surface area contributed by atoms with E-state index in [9.17, 15) is 12.8 Å². The zero-order valence-corrected chi connectivity index (χ0v) is 17.8. The molecule has 2 aromatic rings. The van der Waals surface area contributed by atoms with Crippen LogP contribution in [0, 0.1) is 23.5 Å². The molecule has 1 saturated heterocycles. The van der Waals surface area contributed by atoms with Crippen molar-refractivity contribution < 1.29 is 26.7 Å². The maximum atomic E-state index is 15.2. The SMILES string of the molecule is C[C@@H]1C[C@@H]2[C@@H](CC[C@@]3(S(=O)(=O)c4ccc(Cl)cc4)c4c(F)ccc(F)c4OC[C@@H]23)O1. The van der Waals surface area contributed by atoms with E-state index in [1.54, 1.807) is 0 Å². The zero-order valence-electron chi connectivity index (χ0n) is 16.3. The van der Waals surface area contributed by atoms with Gasteiger partial charge >= 0.3 is 0 Å². The summed E-state index contributed by atoms with van der Waals surface area (Å²) in [5, 5.41) is 0.398. The molecule has 2 aliphatic heterocycles. The minimum atomic E-state index is -4.11. The van der Waals surface area contributed by atoms with Gasteiger partial charge in [-0.3, -0.25) is 0 Å². The quantitative estimate of drug-likeness (QED) is 0.648. The first-order chi connectivity index (χ1) is 14.3. The van der Waals surface area contributed by atoms with Crippen LogP contribution < -0.4 is 4.74 Å². The Hall–Kier alpha value is -1.70. The third-order valence-corrected chi connectivity index (χ3v) is 9.71. The molecule has 0 unspecified atom stereocenters. The molecule has 0 aromatic heterocycles. The molecular formula is C22H21ClF2O4S. The molecule has 0 spiro atoms. The smallest absolute Gasteiger partial charge is 0.188 e. The standard InChI is InChI=1S/C22H21ClF2O4S/c1-12-10-15-16-11-28-21-18(25)7-6-17(24)20(21)22(16,9-8-19(15)29-12)30(26,27)14-4-2-13(23)3-5-14/h2-7,12,15-16,19H,8-11H2,1H3/t12-,15+,16+,19-,22+/m1/s1. The number of ether oxygens (including phenoxy) is 2. The fourth-order valence-electron chi connectivity index (χ4n) is 5.69. The second-order valence-electron chi connectivity index (χ2n) is 8.42. The summed E-state index contributed by atoms with van der Waals surface area (Å²) >= 11 is 5.96. The first kappa shape index (κ1) is 20.2. The fourth-order valence-corrected chi connectivity index (χ4v) is 8.21. The average molecular weight is 455 g/mol. The number of hydrogen-bond donors (Lipinski definition) is 0. The van der Waals surface area contributed by atoms with Gasteiger partial charge in [0.1, 0.15) is 10.6 Å². The molecule has 30 heavy (non-hydrogen) atoms. The Morgan fingerprint density at radius 1 is 1.10 bits per heavy atom. The van der Waals surface area contributed by atoms with Crippen molar-refractivity contribution in [2.24, 2.45) is 11.8 Å². The highest BCUT2D eigenvalue weighted by Gasteiger charge is 2.64. The number of sulfone groups is 1. The fraction of sp³-hybridized carbons (Fsp3) is 0.455. The summed E-state index contributed by atoms with van der Waals surface area (Å²) in [5.41, 5.74) is -0.188. The van der Waals surface area contributed by atoms with E-state index in [0.717, 1.165) is 12.1 Å². The van der Waals surface area contributed by atoms with Crippen LogP contribution in [-0.2, 0) is 19.3 Å². The molecular weight excluding hydrogens is 434 g/mol. The van der Waals surface area contributed by atoms with E-state index in [0.29, 0.717) is 17.9 Å². The molecule has 2 aromatic carbocycles. The molecule has 1 saturated carbocycles. The molecule has 0 bridgehead atoms. The third-order valence-electron chi connectivity index (χ3n) is 6.90. The monoisotopic (exact) mass is 454 g/mol. The molecule has 3 aliphatic rings. The van der Waals surface area contributed by atoms with Crippen molar-refractivity contribution in [3.8, 4) is 5.75 Å². The Morgan fingerprint density at radius 3 is 2.53 bits per heavy atom. The van der Waals surface area contributed by atoms with Gasteiger partial charge < -0.3 is 9.47 Å². The lowest BCUT2D eigenvalue weighted by atomic mass is 9.66.